The second kappa shape index (κ2) is 6.37. The second-order valence-corrected chi connectivity index (χ2v) is 6.31. The molecule has 3 aromatic rings. The quantitative estimate of drug-likeness (QED) is 0.738. The van der Waals surface area contributed by atoms with Crippen LogP contribution in [-0.2, 0) is 0 Å². The Morgan fingerprint density at radius 1 is 1.14 bits per heavy atom. The first-order valence-electron chi connectivity index (χ1n) is 7.42. The molecular weight excluding hydrogens is 276 g/mol. The van der Waals surface area contributed by atoms with Crippen LogP contribution >= 0.6 is 11.3 Å². The number of nitrogens with one attached hydrogen (secondary N) is 1. The highest BCUT2D eigenvalue weighted by Crippen LogP contribution is 2.29. The number of benzene rings is 2. The Labute approximate surface area is 129 Å². The highest BCUT2D eigenvalue weighted by atomic mass is 32.1. The van der Waals surface area contributed by atoms with E-state index in [4.69, 9.17) is 4.98 Å². The zero-order valence-corrected chi connectivity index (χ0v) is 13.3. The summed E-state index contributed by atoms with van der Waals surface area (Å²) in [5.41, 5.74) is 2.44. The molecular formula is C18H20N2S. The summed E-state index contributed by atoms with van der Waals surface area (Å²) in [6.07, 6.45) is 1.12. The van der Waals surface area contributed by atoms with Crippen LogP contribution in [0.5, 0.6) is 0 Å². The Balaban J connectivity index is 2.09. The van der Waals surface area contributed by atoms with Crippen molar-refractivity contribution in [3.05, 3.63) is 64.1 Å². The molecule has 2 nitrogen and oxygen atoms in total. The predicted molar refractivity (Wildman–Crippen MR) is 90.9 cm³/mol. The van der Waals surface area contributed by atoms with Crippen LogP contribution in [0.3, 0.4) is 0 Å². The summed E-state index contributed by atoms with van der Waals surface area (Å²) in [7, 11) is 0. The van der Waals surface area contributed by atoms with Crippen molar-refractivity contribution in [2.45, 2.75) is 26.3 Å². The third kappa shape index (κ3) is 2.99. The highest BCUT2D eigenvalue weighted by molar-refractivity contribution is 7.09. The van der Waals surface area contributed by atoms with Crippen LogP contribution in [0.15, 0.2) is 47.8 Å². The van der Waals surface area contributed by atoms with E-state index in [0.717, 1.165) is 23.7 Å². The standard InChI is InChI=1S/C18H20N2S/c1-3-11-19-18(17-12-21-13(2)20-17)16-10-6-8-14-7-4-5-9-15(14)16/h4-10,12,18-19H,3,11H2,1-2H3. The molecule has 1 heterocycles. The van der Waals surface area contributed by atoms with Crippen molar-refractivity contribution in [1.29, 1.82) is 0 Å². The lowest BCUT2D eigenvalue weighted by molar-refractivity contribution is 0.591. The third-order valence-electron chi connectivity index (χ3n) is 3.67. The molecule has 0 saturated carbocycles. The van der Waals surface area contributed by atoms with Crippen molar-refractivity contribution in [3.8, 4) is 0 Å². The minimum absolute atomic E-state index is 0.168. The Morgan fingerprint density at radius 3 is 2.71 bits per heavy atom. The van der Waals surface area contributed by atoms with Crippen molar-refractivity contribution >= 4 is 22.1 Å². The lowest BCUT2D eigenvalue weighted by Crippen LogP contribution is -2.23. The maximum Gasteiger partial charge on any atom is 0.0898 e. The van der Waals surface area contributed by atoms with E-state index in [9.17, 15) is 0 Å². The number of fused-ring (bicyclic) bond motifs is 1. The van der Waals surface area contributed by atoms with E-state index in [1.165, 1.54) is 16.3 Å². The van der Waals surface area contributed by atoms with Crippen molar-refractivity contribution in [2.24, 2.45) is 0 Å². The average Bonchev–Trinajstić information content (AvgIpc) is 2.94. The molecule has 0 aliphatic carbocycles. The van der Waals surface area contributed by atoms with E-state index in [-0.39, 0.29) is 6.04 Å². The zero-order valence-electron chi connectivity index (χ0n) is 12.5. The molecule has 3 heteroatoms. The number of nitrogens with zero attached hydrogens (tertiary/aromatic N) is 1. The van der Waals surface area contributed by atoms with Crippen LogP contribution in [0.2, 0.25) is 0 Å². The zero-order chi connectivity index (χ0) is 14.7. The monoisotopic (exact) mass is 296 g/mol. The molecule has 0 bridgehead atoms. The second-order valence-electron chi connectivity index (χ2n) is 5.25. The normalized spacial score (nSPS) is 12.7. The van der Waals surface area contributed by atoms with Crippen molar-refractivity contribution in [3.63, 3.8) is 0 Å². The Kier molecular flexibility index (Phi) is 4.32. The van der Waals surface area contributed by atoms with Gasteiger partial charge in [-0.25, -0.2) is 4.98 Å². The summed E-state index contributed by atoms with van der Waals surface area (Å²) < 4.78 is 0. The summed E-state index contributed by atoms with van der Waals surface area (Å²) >= 11 is 1.72. The van der Waals surface area contributed by atoms with E-state index in [1.807, 2.05) is 0 Å². The smallest absolute Gasteiger partial charge is 0.0898 e. The molecule has 21 heavy (non-hydrogen) atoms. The molecule has 0 spiro atoms. The van der Waals surface area contributed by atoms with Gasteiger partial charge in [0.1, 0.15) is 0 Å². The number of thiazole rings is 1. The molecule has 0 saturated heterocycles. The summed E-state index contributed by atoms with van der Waals surface area (Å²) in [6.45, 7) is 5.25. The average molecular weight is 296 g/mol. The molecule has 3 rings (SSSR count). The predicted octanol–water partition coefficient (Wildman–Crippen LogP) is 4.69. The van der Waals surface area contributed by atoms with Crippen molar-refractivity contribution in [2.75, 3.05) is 6.54 Å². The lowest BCUT2D eigenvalue weighted by Gasteiger charge is -2.19. The van der Waals surface area contributed by atoms with Gasteiger partial charge in [0, 0.05) is 5.38 Å². The van der Waals surface area contributed by atoms with Crippen LogP contribution in [0.1, 0.15) is 35.7 Å². The Morgan fingerprint density at radius 2 is 1.95 bits per heavy atom. The van der Waals surface area contributed by atoms with Gasteiger partial charge in [0.2, 0.25) is 0 Å². The molecule has 1 N–H and O–H groups in total. The van der Waals surface area contributed by atoms with Gasteiger partial charge in [0.15, 0.2) is 0 Å². The molecule has 1 unspecified atom stereocenters. The van der Waals surface area contributed by atoms with E-state index in [0.29, 0.717) is 0 Å². The molecule has 0 aliphatic rings. The number of aromatic nitrogens is 1. The van der Waals surface area contributed by atoms with Gasteiger partial charge in [-0.15, -0.1) is 11.3 Å². The number of hydrogen-bond donors (Lipinski definition) is 1. The van der Waals surface area contributed by atoms with Gasteiger partial charge < -0.3 is 5.32 Å². The molecule has 0 aliphatic heterocycles. The van der Waals surface area contributed by atoms with Crippen molar-refractivity contribution in [1.82, 2.24) is 10.3 Å². The van der Waals surface area contributed by atoms with E-state index in [2.05, 4.69) is 67.0 Å². The maximum absolute atomic E-state index is 4.70. The van der Waals surface area contributed by atoms with Gasteiger partial charge in [0.25, 0.3) is 0 Å². The summed E-state index contributed by atoms with van der Waals surface area (Å²) in [4.78, 5) is 4.70. The fraction of sp³-hybridized carbons (Fsp3) is 0.278. The van der Waals surface area contributed by atoms with Crippen LogP contribution in [0, 0.1) is 6.92 Å². The van der Waals surface area contributed by atoms with Crippen LogP contribution in [-0.4, -0.2) is 11.5 Å². The van der Waals surface area contributed by atoms with E-state index < -0.39 is 0 Å². The number of aryl methyl sites for hydroxylation is 1. The molecule has 1 aromatic heterocycles. The SMILES string of the molecule is CCCNC(c1csc(C)n1)c1cccc2ccccc12. The summed E-state index contributed by atoms with van der Waals surface area (Å²) in [5, 5.41) is 9.53. The first-order chi connectivity index (χ1) is 10.3. The molecule has 0 fully saturated rings. The number of hydrogen-bond acceptors (Lipinski definition) is 3. The Bertz CT molecular complexity index is 727. The van der Waals surface area contributed by atoms with Crippen LogP contribution in [0.4, 0.5) is 0 Å². The molecule has 2 aromatic carbocycles. The maximum atomic E-state index is 4.70. The third-order valence-corrected chi connectivity index (χ3v) is 4.46. The first kappa shape index (κ1) is 14.2. The largest absolute Gasteiger partial charge is 0.305 e. The van der Waals surface area contributed by atoms with Gasteiger partial charge in [-0.1, -0.05) is 49.4 Å². The van der Waals surface area contributed by atoms with Gasteiger partial charge >= 0.3 is 0 Å². The highest BCUT2D eigenvalue weighted by Gasteiger charge is 2.18. The topological polar surface area (TPSA) is 24.9 Å². The minimum Gasteiger partial charge on any atom is -0.305 e. The van der Waals surface area contributed by atoms with Gasteiger partial charge in [-0.2, -0.15) is 0 Å². The molecule has 0 radical (unpaired) electrons. The van der Waals surface area contributed by atoms with Gasteiger partial charge in [0.05, 0.1) is 16.7 Å². The van der Waals surface area contributed by atoms with E-state index in [1.54, 1.807) is 11.3 Å². The van der Waals surface area contributed by atoms with Crippen molar-refractivity contribution < 1.29 is 0 Å². The molecule has 108 valence electrons. The van der Waals surface area contributed by atoms with Gasteiger partial charge in [-0.05, 0) is 36.2 Å². The first-order valence-corrected chi connectivity index (χ1v) is 8.30. The fourth-order valence-corrected chi connectivity index (χ4v) is 3.32. The summed E-state index contributed by atoms with van der Waals surface area (Å²) in [5.74, 6) is 0. The van der Waals surface area contributed by atoms with Gasteiger partial charge in [-0.3, -0.25) is 0 Å². The minimum atomic E-state index is 0.168. The van der Waals surface area contributed by atoms with Crippen LogP contribution < -0.4 is 5.32 Å². The molecule has 1 atom stereocenters. The fourth-order valence-electron chi connectivity index (χ4n) is 2.68. The van der Waals surface area contributed by atoms with Crippen LogP contribution in [0.25, 0.3) is 10.8 Å². The Hall–Kier alpha value is -1.71. The lowest BCUT2D eigenvalue weighted by atomic mass is 9.97. The number of rotatable bonds is 5. The summed E-state index contributed by atoms with van der Waals surface area (Å²) in [6, 6.07) is 15.2. The molecule has 0 amide bonds. The van der Waals surface area contributed by atoms with E-state index >= 15 is 0 Å².